The molecule has 2 aliphatic carbocycles. The molecule has 0 saturated heterocycles. The van der Waals surface area contributed by atoms with E-state index in [-0.39, 0.29) is 0 Å². The molecule has 0 radical (unpaired) electrons. The van der Waals surface area contributed by atoms with Gasteiger partial charge in [-0.3, -0.25) is 0 Å². The summed E-state index contributed by atoms with van der Waals surface area (Å²) >= 11 is 0. The maximum absolute atomic E-state index is 2.55. The fraction of sp³-hybridized carbons (Fsp3) is 0.667. The van der Waals surface area contributed by atoms with Gasteiger partial charge >= 0.3 is 0 Å². The van der Waals surface area contributed by atoms with Crippen LogP contribution in [0.3, 0.4) is 0 Å². The van der Waals surface area contributed by atoms with Crippen molar-refractivity contribution in [2.75, 3.05) is 0 Å². The number of aryl methyl sites for hydroxylation is 1. The second kappa shape index (κ2) is 8.88. The lowest BCUT2D eigenvalue weighted by molar-refractivity contribution is 0.280. The van der Waals surface area contributed by atoms with Crippen molar-refractivity contribution in [3.8, 4) is 0 Å². The Balaban J connectivity index is 1.40. The standard InChI is InChI=1S/C24H36/c1-3-19-5-7-21(8-6-19)9-10-22-13-17-24(18-14-22)23-15-11-20(4-2)12-16-23/h5,11-12,15-16,21-22,24H,3-4,6-10,13-14,17-18H2,1-2H3. The summed E-state index contributed by atoms with van der Waals surface area (Å²) in [6, 6.07) is 9.46. The maximum Gasteiger partial charge on any atom is -0.0162 e. The van der Waals surface area contributed by atoms with Crippen LogP contribution in [-0.4, -0.2) is 0 Å². The highest BCUT2D eigenvalue weighted by molar-refractivity contribution is 5.25. The van der Waals surface area contributed by atoms with E-state index in [0.29, 0.717) is 0 Å². The van der Waals surface area contributed by atoms with E-state index < -0.39 is 0 Å². The minimum atomic E-state index is 0.830. The third-order valence-electron chi connectivity index (χ3n) is 6.76. The van der Waals surface area contributed by atoms with Crippen molar-refractivity contribution >= 4 is 0 Å². The largest absolute Gasteiger partial charge is 0.0851 e. The molecule has 0 aromatic heterocycles. The number of benzene rings is 1. The molecule has 0 amide bonds. The summed E-state index contributed by atoms with van der Waals surface area (Å²) in [5.41, 5.74) is 4.77. The molecule has 1 unspecified atom stereocenters. The maximum atomic E-state index is 2.55. The summed E-state index contributed by atoms with van der Waals surface area (Å²) in [6.45, 7) is 4.55. The normalized spacial score (nSPS) is 27.8. The van der Waals surface area contributed by atoms with E-state index in [1.807, 2.05) is 0 Å². The van der Waals surface area contributed by atoms with Gasteiger partial charge in [0.2, 0.25) is 0 Å². The Morgan fingerprint density at radius 2 is 1.50 bits per heavy atom. The van der Waals surface area contributed by atoms with Gasteiger partial charge in [0.1, 0.15) is 0 Å². The third kappa shape index (κ3) is 4.74. The van der Waals surface area contributed by atoms with E-state index in [9.17, 15) is 0 Å². The van der Waals surface area contributed by atoms with E-state index in [1.165, 1.54) is 69.8 Å². The summed E-state index contributed by atoms with van der Waals surface area (Å²) in [5.74, 6) is 2.82. The Morgan fingerprint density at radius 3 is 2.08 bits per heavy atom. The first-order chi connectivity index (χ1) is 11.8. The fourth-order valence-corrected chi connectivity index (χ4v) is 4.81. The van der Waals surface area contributed by atoms with Crippen molar-refractivity contribution in [1.29, 1.82) is 0 Å². The predicted octanol–water partition coefficient (Wildman–Crippen LogP) is 7.44. The molecule has 0 bridgehead atoms. The van der Waals surface area contributed by atoms with Crippen molar-refractivity contribution in [2.24, 2.45) is 11.8 Å². The quantitative estimate of drug-likeness (QED) is 0.477. The number of allylic oxidation sites excluding steroid dienone is 2. The van der Waals surface area contributed by atoms with Crippen LogP contribution < -0.4 is 0 Å². The van der Waals surface area contributed by atoms with Crippen LogP contribution in [-0.2, 0) is 6.42 Å². The van der Waals surface area contributed by atoms with Crippen molar-refractivity contribution in [3.05, 3.63) is 47.0 Å². The summed E-state index contributed by atoms with van der Waals surface area (Å²) in [4.78, 5) is 0. The average molecular weight is 325 g/mol. The lowest BCUT2D eigenvalue weighted by Crippen LogP contribution is -2.15. The molecule has 24 heavy (non-hydrogen) atoms. The topological polar surface area (TPSA) is 0 Å². The van der Waals surface area contributed by atoms with E-state index >= 15 is 0 Å². The van der Waals surface area contributed by atoms with Gasteiger partial charge in [-0.25, -0.2) is 0 Å². The van der Waals surface area contributed by atoms with Crippen LogP contribution >= 0.6 is 0 Å². The van der Waals surface area contributed by atoms with Crippen molar-refractivity contribution in [2.45, 2.75) is 90.4 Å². The van der Waals surface area contributed by atoms with Gasteiger partial charge in [-0.05, 0) is 93.1 Å². The summed E-state index contributed by atoms with van der Waals surface area (Å²) in [7, 11) is 0. The van der Waals surface area contributed by atoms with Crippen LogP contribution in [0.1, 0.15) is 95.1 Å². The molecule has 0 heterocycles. The molecule has 0 spiro atoms. The van der Waals surface area contributed by atoms with Crippen LogP contribution in [0, 0.1) is 11.8 Å². The van der Waals surface area contributed by atoms with E-state index in [1.54, 1.807) is 11.1 Å². The van der Waals surface area contributed by atoms with Gasteiger partial charge < -0.3 is 0 Å². The molecule has 1 aromatic carbocycles. The molecule has 2 aliphatic rings. The Kier molecular flexibility index (Phi) is 6.58. The molecule has 1 fully saturated rings. The van der Waals surface area contributed by atoms with Gasteiger partial charge in [-0.15, -0.1) is 0 Å². The number of hydrogen-bond acceptors (Lipinski definition) is 0. The van der Waals surface area contributed by atoms with Crippen LogP contribution in [0.25, 0.3) is 0 Å². The monoisotopic (exact) mass is 324 g/mol. The zero-order valence-corrected chi connectivity index (χ0v) is 15.9. The molecule has 1 atom stereocenters. The van der Waals surface area contributed by atoms with Crippen LogP contribution in [0.5, 0.6) is 0 Å². The van der Waals surface area contributed by atoms with Crippen LogP contribution in [0.4, 0.5) is 0 Å². The van der Waals surface area contributed by atoms with Crippen molar-refractivity contribution in [3.63, 3.8) is 0 Å². The minimum absolute atomic E-state index is 0.830. The number of rotatable bonds is 6. The first-order valence-corrected chi connectivity index (χ1v) is 10.5. The SMILES string of the molecule is CCC1=CCC(CCC2CCC(c3ccc(CC)cc3)CC2)CC1. The first-order valence-electron chi connectivity index (χ1n) is 10.5. The molecule has 1 saturated carbocycles. The zero-order chi connectivity index (χ0) is 16.8. The van der Waals surface area contributed by atoms with Crippen molar-refractivity contribution in [1.82, 2.24) is 0 Å². The van der Waals surface area contributed by atoms with E-state index in [4.69, 9.17) is 0 Å². The van der Waals surface area contributed by atoms with Gasteiger partial charge in [0.15, 0.2) is 0 Å². The molecular formula is C24H36. The molecule has 3 rings (SSSR count). The summed E-state index contributed by atoms with van der Waals surface area (Å²) in [5, 5.41) is 0. The molecule has 0 aliphatic heterocycles. The van der Waals surface area contributed by atoms with Crippen molar-refractivity contribution < 1.29 is 0 Å². The highest BCUT2D eigenvalue weighted by Crippen LogP contribution is 2.39. The average Bonchev–Trinajstić information content (AvgIpc) is 2.67. The van der Waals surface area contributed by atoms with E-state index in [0.717, 1.165) is 24.2 Å². The fourth-order valence-electron chi connectivity index (χ4n) is 4.81. The predicted molar refractivity (Wildman–Crippen MR) is 105 cm³/mol. The molecular weight excluding hydrogens is 288 g/mol. The Labute approximate surface area is 149 Å². The van der Waals surface area contributed by atoms with Gasteiger partial charge in [-0.2, -0.15) is 0 Å². The molecule has 0 nitrogen and oxygen atoms in total. The second-order valence-corrected chi connectivity index (χ2v) is 8.25. The Morgan fingerprint density at radius 1 is 0.792 bits per heavy atom. The molecule has 1 aromatic rings. The second-order valence-electron chi connectivity index (χ2n) is 8.25. The Bertz CT molecular complexity index is 513. The zero-order valence-electron chi connectivity index (χ0n) is 15.9. The smallest absolute Gasteiger partial charge is 0.0162 e. The lowest BCUT2D eigenvalue weighted by atomic mass is 9.75. The van der Waals surface area contributed by atoms with Gasteiger partial charge in [0.25, 0.3) is 0 Å². The highest BCUT2D eigenvalue weighted by Gasteiger charge is 2.23. The lowest BCUT2D eigenvalue weighted by Gasteiger charge is -2.30. The first kappa shape index (κ1) is 17.8. The van der Waals surface area contributed by atoms with Gasteiger partial charge in [0, 0.05) is 0 Å². The van der Waals surface area contributed by atoms with Gasteiger partial charge in [-0.1, -0.05) is 56.2 Å². The van der Waals surface area contributed by atoms with Crippen LogP contribution in [0.2, 0.25) is 0 Å². The molecule has 0 heteroatoms. The highest BCUT2D eigenvalue weighted by atomic mass is 14.3. The summed E-state index contributed by atoms with van der Waals surface area (Å²) in [6.07, 6.45) is 17.9. The molecule has 0 N–H and O–H groups in total. The van der Waals surface area contributed by atoms with E-state index in [2.05, 4.69) is 44.2 Å². The van der Waals surface area contributed by atoms with Crippen LogP contribution in [0.15, 0.2) is 35.9 Å². The van der Waals surface area contributed by atoms with Gasteiger partial charge in [0.05, 0.1) is 0 Å². The number of hydrogen-bond donors (Lipinski definition) is 0. The molecule has 132 valence electrons. The Hall–Kier alpha value is -1.04. The minimum Gasteiger partial charge on any atom is -0.0851 e. The summed E-state index contributed by atoms with van der Waals surface area (Å²) < 4.78 is 0. The third-order valence-corrected chi connectivity index (χ3v) is 6.76.